The molecule has 2 aromatic heterocycles. The third-order valence-corrected chi connectivity index (χ3v) is 3.03. The van der Waals surface area contributed by atoms with Crippen molar-refractivity contribution in [3.05, 3.63) is 40.3 Å². The standard InChI is InChI=1S/C12H9BrF3N5O2/c1-23-11(19-18-6-22)8-4-9(12(14,15)16)20-21(8)10-3-2-7(13)5-17-10/h2-6H,1H3,(H,18,22)/b19-11-. The molecule has 0 aliphatic carbocycles. The molecule has 1 N–H and O–H groups in total. The second kappa shape index (κ2) is 6.77. The summed E-state index contributed by atoms with van der Waals surface area (Å²) in [6.45, 7) is 0. The number of pyridine rings is 1. The first-order chi connectivity index (χ1) is 10.9. The van der Waals surface area contributed by atoms with E-state index in [1.165, 1.54) is 19.4 Å². The van der Waals surface area contributed by atoms with Gasteiger partial charge in [0.25, 0.3) is 5.90 Å². The van der Waals surface area contributed by atoms with Gasteiger partial charge in [0.1, 0.15) is 5.69 Å². The van der Waals surface area contributed by atoms with Crippen LogP contribution in [0.2, 0.25) is 0 Å². The third kappa shape index (κ3) is 3.86. The summed E-state index contributed by atoms with van der Waals surface area (Å²) in [6.07, 6.45) is -3.00. The van der Waals surface area contributed by atoms with E-state index in [4.69, 9.17) is 4.74 Å². The van der Waals surface area contributed by atoms with Crippen LogP contribution in [-0.4, -0.2) is 34.2 Å². The number of hydrogen-bond donors (Lipinski definition) is 1. The number of rotatable bonds is 4. The Morgan fingerprint density at radius 3 is 2.74 bits per heavy atom. The molecule has 0 aliphatic heterocycles. The maximum atomic E-state index is 12.9. The van der Waals surface area contributed by atoms with Gasteiger partial charge < -0.3 is 4.74 Å². The lowest BCUT2D eigenvalue weighted by atomic mass is 10.3. The zero-order valence-electron chi connectivity index (χ0n) is 11.5. The number of nitrogens with one attached hydrogen (secondary N) is 1. The Bertz CT molecular complexity index is 727. The number of hydrazone groups is 1. The van der Waals surface area contributed by atoms with Gasteiger partial charge >= 0.3 is 6.18 Å². The van der Waals surface area contributed by atoms with Crippen molar-refractivity contribution in [2.24, 2.45) is 5.10 Å². The number of carbonyl (C=O) groups is 1. The first-order valence-electron chi connectivity index (χ1n) is 5.97. The predicted molar refractivity (Wildman–Crippen MR) is 76.8 cm³/mol. The van der Waals surface area contributed by atoms with Gasteiger partial charge in [0.15, 0.2) is 11.5 Å². The van der Waals surface area contributed by atoms with Crippen LogP contribution < -0.4 is 5.43 Å². The summed E-state index contributed by atoms with van der Waals surface area (Å²) < 4.78 is 45.3. The molecule has 0 radical (unpaired) electrons. The van der Waals surface area contributed by atoms with Crippen molar-refractivity contribution in [3.63, 3.8) is 0 Å². The summed E-state index contributed by atoms with van der Waals surface area (Å²) in [4.78, 5) is 14.3. The van der Waals surface area contributed by atoms with Crippen molar-refractivity contribution in [2.75, 3.05) is 7.11 Å². The third-order valence-electron chi connectivity index (χ3n) is 2.56. The number of hydrogen-bond acceptors (Lipinski definition) is 5. The molecule has 2 rings (SSSR count). The van der Waals surface area contributed by atoms with Crippen LogP contribution in [-0.2, 0) is 15.7 Å². The maximum absolute atomic E-state index is 12.9. The molecule has 0 bridgehead atoms. The number of aromatic nitrogens is 3. The molecule has 0 aromatic carbocycles. The van der Waals surface area contributed by atoms with Crippen molar-refractivity contribution in [3.8, 4) is 5.82 Å². The van der Waals surface area contributed by atoms with Gasteiger partial charge in [-0.2, -0.15) is 18.3 Å². The molecule has 0 saturated carbocycles. The van der Waals surface area contributed by atoms with E-state index in [-0.39, 0.29) is 23.8 Å². The van der Waals surface area contributed by atoms with E-state index in [0.717, 1.165) is 10.7 Å². The van der Waals surface area contributed by atoms with Gasteiger partial charge in [0.05, 0.1) is 7.11 Å². The predicted octanol–water partition coefficient (Wildman–Crippen LogP) is 2.10. The highest BCUT2D eigenvalue weighted by Gasteiger charge is 2.36. The number of nitrogens with zero attached hydrogens (tertiary/aromatic N) is 4. The first-order valence-corrected chi connectivity index (χ1v) is 6.76. The highest BCUT2D eigenvalue weighted by Crippen LogP contribution is 2.29. The molecule has 0 atom stereocenters. The number of halogens is 4. The van der Waals surface area contributed by atoms with Gasteiger partial charge in [-0.05, 0) is 28.1 Å². The second-order valence-electron chi connectivity index (χ2n) is 4.03. The Morgan fingerprint density at radius 1 is 1.48 bits per heavy atom. The lowest BCUT2D eigenvalue weighted by molar-refractivity contribution is -0.141. The van der Waals surface area contributed by atoms with E-state index in [0.29, 0.717) is 4.47 Å². The molecule has 2 aromatic rings. The zero-order chi connectivity index (χ0) is 17.0. The first kappa shape index (κ1) is 16.9. The number of alkyl halides is 3. The molecule has 7 nitrogen and oxygen atoms in total. The van der Waals surface area contributed by atoms with Crippen molar-refractivity contribution >= 4 is 28.2 Å². The molecule has 23 heavy (non-hydrogen) atoms. The van der Waals surface area contributed by atoms with Gasteiger partial charge in [-0.25, -0.2) is 15.1 Å². The molecule has 2 heterocycles. The van der Waals surface area contributed by atoms with Crippen molar-refractivity contribution in [2.45, 2.75) is 6.18 Å². The molecule has 0 spiro atoms. The fraction of sp³-hybridized carbons (Fsp3) is 0.167. The van der Waals surface area contributed by atoms with Crippen LogP contribution in [0.1, 0.15) is 11.4 Å². The summed E-state index contributed by atoms with van der Waals surface area (Å²) in [5, 5.41) is 7.04. The van der Waals surface area contributed by atoms with Gasteiger partial charge in [-0.15, -0.1) is 5.10 Å². The van der Waals surface area contributed by atoms with E-state index in [1.807, 2.05) is 5.43 Å². The number of methoxy groups -OCH3 is 1. The SMILES string of the molecule is CO/C(=N\NC=O)c1cc(C(F)(F)F)nn1-c1ccc(Br)cn1. The van der Waals surface area contributed by atoms with Gasteiger partial charge in [0.2, 0.25) is 6.41 Å². The summed E-state index contributed by atoms with van der Waals surface area (Å²) in [5.74, 6) is -0.139. The normalized spacial score (nSPS) is 12.1. The zero-order valence-corrected chi connectivity index (χ0v) is 13.1. The fourth-order valence-corrected chi connectivity index (χ4v) is 1.87. The lowest BCUT2D eigenvalue weighted by Crippen LogP contribution is -2.16. The van der Waals surface area contributed by atoms with Crippen LogP contribution in [0.5, 0.6) is 0 Å². The van der Waals surface area contributed by atoms with E-state index < -0.39 is 11.9 Å². The average Bonchev–Trinajstić information content (AvgIpc) is 2.94. The summed E-state index contributed by atoms with van der Waals surface area (Å²) in [6, 6.07) is 3.80. The minimum Gasteiger partial charge on any atom is -0.478 e. The molecule has 11 heteroatoms. The molecular formula is C12H9BrF3N5O2. The largest absolute Gasteiger partial charge is 0.478 e. The van der Waals surface area contributed by atoms with Crippen LogP contribution in [0.3, 0.4) is 0 Å². The van der Waals surface area contributed by atoms with E-state index in [9.17, 15) is 18.0 Å². The molecular weight excluding hydrogens is 383 g/mol. The van der Waals surface area contributed by atoms with Crippen LogP contribution in [0, 0.1) is 0 Å². The van der Waals surface area contributed by atoms with E-state index >= 15 is 0 Å². The Morgan fingerprint density at radius 2 is 2.22 bits per heavy atom. The van der Waals surface area contributed by atoms with Crippen LogP contribution in [0.4, 0.5) is 13.2 Å². The molecule has 0 unspecified atom stereocenters. The fourth-order valence-electron chi connectivity index (χ4n) is 1.63. The minimum absolute atomic E-state index is 0.120. The molecule has 122 valence electrons. The monoisotopic (exact) mass is 391 g/mol. The van der Waals surface area contributed by atoms with E-state index in [1.54, 1.807) is 6.07 Å². The van der Waals surface area contributed by atoms with Crippen molar-refractivity contribution in [1.29, 1.82) is 0 Å². The Hall–Kier alpha value is -2.43. The molecule has 1 amide bonds. The van der Waals surface area contributed by atoms with Crippen LogP contribution in [0.15, 0.2) is 34.0 Å². The topological polar surface area (TPSA) is 81.4 Å². The lowest BCUT2D eigenvalue weighted by Gasteiger charge is -2.07. The Labute approximate surface area is 136 Å². The summed E-state index contributed by atoms with van der Waals surface area (Å²) >= 11 is 3.18. The van der Waals surface area contributed by atoms with E-state index in [2.05, 4.69) is 31.1 Å². The Balaban J connectivity index is 2.61. The Kier molecular flexibility index (Phi) is 4.98. The van der Waals surface area contributed by atoms with Crippen LogP contribution >= 0.6 is 15.9 Å². The quantitative estimate of drug-likeness (QED) is 0.374. The van der Waals surface area contributed by atoms with Crippen LogP contribution in [0.25, 0.3) is 5.82 Å². The number of carbonyl (C=O) groups excluding carboxylic acids is 1. The number of ether oxygens (including phenoxy) is 1. The van der Waals surface area contributed by atoms with Gasteiger partial charge in [-0.3, -0.25) is 4.79 Å². The molecule has 0 fully saturated rings. The smallest absolute Gasteiger partial charge is 0.435 e. The van der Waals surface area contributed by atoms with Gasteiger partial charge in [-0.1, -0.05) is 0 Å². The average molecular weight is 392 g/mol. The molecule has 0 saturated heterocycles. The maximum Gasteiger partial charge on any atom is 0.435 e. The molecule has 0 aliphatic rings. The minimum atomic E-state index is -4.66. The summed E-state index contributed by atoms with van der Waals surface area (Å²) in [7, 11) is 1.20. The number of amides is 1. The second-order valence-corrected chi connectivity index (χ2v) is 4.94. The van der Waals surface area contributed by atoms with Gasteiger partial charge in [0, 0.05) is 16.7 Å². The summed E-state index contributed by atoms with van der Waals surface area (Å²) in [5.41, 5.74) is 0.699. The highest BCUT2D eigenvalue weighted by molar-refractivity contribution is 9.10. The van der Waals surface area contributed by atoms with Crippen molar-refractivity contribution < 1.29 is 22.7 Å². The highest BCUT2D eigenvalue weighted by atomic mass is 79.9. The van der Waals surface area contributed by atoms with Crippen molar-refractivity contribution in [1.82, 2.24) is 20.2 Å².